The average Bonchev–Trinajstić information content (AvgIpc) is 3.42. The predicted octanol–water partition coefficient (Wildman–Crippen LogP) is 5.65. The summed E-state index contributed by atoms with van der Waals surface area (Å²) in [5, 5.41) is 12.2. The van der Waals surface area contributed by atoms with Gasteiger partial charge < -0.3 is 19.4 Å². The molecule has 1 atom stereocenters. The van der Waals surface area contributed by atoms with Gasteiger partial charge in [0.05, 0.1) is 12.9 Å². The number of thioether (sulfide) groups is 1. The summed E-state index contributed by atoms with van der Waals surface area (Å²) in [7, 11) is 3.10. The summed E-state index contributed by atoms with van der Waals surface area (Å²) in [6.45, 7) is 3.71. The van der Waals surface area contributed by atoms with Crippen molar-refractivity contribution in [3.8, 4) is 16.9 Å². The summed E-state index contributed by atoms with van der Waals surface area (Å²) in [5.74, 6) is -0.0365. The molecule has 0 saturated heterocycles. The van der Waals surface area contributed by atoms with Crippen LogP contribution in [0, 0.1) is 12.7 Å². The Balaban J connectivity index is 1.44. The van der Waals surface area contributed by atoms with Crippen LogP contribution in [0.5, 0.6) is 5.75 Å². The second-order valence-corrected chi connectivity index (χ2v) is 10.2. The number of hydrogen-bond acceptors (Lipinski definition) is 8. The molecule has 0 aliphatic carbocycles. The lowest BCUT2D eigenvalue weighted by Gasteiger charge is -2.14. The van der Waals surface area contributed by atoms with E-state index >= 15 is 0 Å². The van der Waals surface area contributed by atoms with Crippen molar-refractivity contribution in [3.05, 3.63) is 76.7 Å². The number of nitrogens with zero attached hydrogens (tertiary/aromatic N) is 3. The molecule has 4 aromatic rings. The summed E-state index contributed by atoms with van der Waals surface area (Å²) in [6.07, 6.45) is -0.445. The van der Waals surface area contributed by atoms with Crippen molar-refractivity contribution in [2.24, 2.45) is 7.05 Å². The minimum absolute atomic E-state index is 0.0530. The van der Waals surface area contributed by atoms with Gasteiger partial charge in [0.15, 0.2) is 17.1 Å². The third-order valence-corrected chi connectivity index (χ3v) is 7.52. The van der Waals surface area contributed by atoms with Crippen LogP contribution in [0.1, 0.15) is 34.1 Å². The van der Waals surface area contributed by atoms with Crippen LogP contribution in [0.15, 0.2) is 59.8 Å². The lowest BCUT2D eigenvalue weighted by atomic mass is 10.0. The van der Waals surface area contributed by atoms with E-state index < -0.39 is 12.1 Å². The maximum Gasteiger partial charge on any atom is 0.341 e. The Labute approximate surface area is 221 Å². The van der Waals surface area contributed by atoms with E-state index in [1.54, 1.807) is 23.7 Å². The van der Waals surface area contributed by atoms with Crippen molar-refractivity contribution >= 4 is 40.0 Å². The monoisotopic (exact) mass is 540 g/mol. The fourth-order valence-electron chi connectivity index (χ4n) is 3.75. The Hall–Kier alpha value is -3.70. The molecule has 1 unspecified atom stereocenters. The number of rotatable bonds is 9. The van der Waals surface area contributed by atoms with Crippen molar-refractivity contribution < 1.29 is 23.5 Å². The van der Waals surface area contributed by atoms with Crippen molar-refractivity contribution in [1.82, 2.24) is 14.8 Å². The maximum atomic E-state index is 13.1. The van der Waals surface area contributed by atoms with E-state index in [4.69, 9.17) is 9.47 Å². The molecule has 2 aromatic carbocycles. The number of aryl methyl sites for hydroxylation is 1. The molecule has 192 valence electrons. The van der Waals surface area contributed by atoms with Gasteiger partial charge in [0.1, 0.15) is 22.1 Å². The number of ether oxygens (including phenoxy) is 2. The van der Waals surface area contributed by atoms with E-state index in [0.29, 0.717) is 27.3 Å². The molecule has 0 spiro atoms. The number of benzene rings is 2. The van der Waals surface area contributed by atoms with Gasteiger partial charge in [0.2, 0.25) is 5.91 Å². The minimum atomic E-state index is -0.515. The van der Waals surface area contributed by atoms with Gasteiger partial charge in [-0.3, -0.25) is 4.79 Å². The van der Waals surface area contributed by atoms with E-state index in [-0.39, 0.29) is 17.5 Å². The van der Waals surface area contributed by atoms with Crippen LogP contribution in [0.4, 0.5) is 9.39 Å². The third-order valence-electron chi connectivity index (χ3n) is 5.48. The number of amides is 1. The van der Waals surface area contributed by atoms with Gasteiger partial charge in [-0.05, 0) is 43.7 Å². The van der Waals surface area contributed by atoms with Crippen molar-refractivity contribution in [2.75, 3.05) is 18.2 Å². The number of carbonyl (C=O) groups is 2. The fraction of sp³-hybridized carbons (Fsp3) is 0.231. The summed E-state index contributed by atoms with van der Waals surface area (Å²) in [6, 6.07) is 15.2. The van der Waals surface area contributed by atoms with E-state index in [1.807, 2.05) is 44.2 Å². The van der Waals surface area contributed by atoms with Crippen LogP contribution in [0.2, 0.25) is 0 Å². The Morgan fingerprint density at radius 2 is 1.84 bits per heavy atom. The van der Waals surface area contributed by atoms with Crippen molar-refractivity contribution in [1.29, 1.82) is 0 Å². The van der Waals surface area contributed by atoms with E-state index in [9.17, 15) is 14.0 Å². The first-order chi connectivity index (χ1) is 17.8. The van der Waals surface area contributed by atoms with Crippen LogP contribution in [0.25, 0.3) is 11.1 Å². The molecule has 2 aromatic heterocycles. The standard InChI is InChI=1S/C26H25FN4O4S2/c1-15(35-19-12-10-18(27)11-13-19)23-29-30-26(31(23)3)36-14-20(32)28-24-22(25(33)34-4)21(16(2)37-24)17-8-6-5-7-9-17/h5-13,15H,14H2,1-4H3,(H,28,32). The highest BCUT2D eigenvalue weighted by atomic mass is 32.2. The minimum Gasteiger partial charge on any atom is -0.483 e. The molecule has 11 heteroatoms. The first-order valence-electron chi connectivity index (χ1n) is 11.3. The molecule has 0 saturated carbocycles. The number of aromatic nitrogens is 3. The van der Waals surface area contributed by atoms with Crippen LogP contribution in [-0.4, -0.2) is 39.5 Å². The molecule has 0 aliphatic rings. The molecule has 8 nitrogen and oxygen atoms in total. The first kappa shape index (κ1) is 26.4. The maximum absolute atomic E-state index is 13.1. The fourth-order valence-corrected chi connectivity index (χ4v) is 5.55. The zero-order valence-electron chi connectivity index (χ0n) is 20.6. The number of methoxy groups -OCH3 is 1. The zero-order chi connectivity index (χ0) is 26.5. The van der Waals surface area contributed by atoms with Gasteiger partial charge in [-0.15, -0.1) is 21.5 Å². The van der Waals surface area contributed by atoms with Crippen LogP contribution in [-0.2, 0) is 16.6 Å². The molecule has 1 N–H and O–H groups in total. The van der Waals surface area contributed by atoms with Gasteiger partial charge in [-0.2, -0.15) is 0 Å². The highest BCUT2D eigenvalue weighted by molar-refractivity contribution is 7.99. The quantitative estimate of drug-likeness (QED) is 0.217. The van der Waals surface area contributed by atoms with Crippen molar-refractivity contribution in [2.45, 2.75) is 25.1 Å². The summed E-state index contributed by atoms with van der Waals surface area (Å²) < 4.78 is 25.7. The average molecular weight is 541 g/mol. The van der Waals surface area contributed by atoms with Crippen LogP contribution in [0.3, 0.4) is 0 Å². The smallest absolute Gasteiger partial charge is 0.341 e. The van der Waals surface area contributed by atoms with Gasteiger partial charge in [-0.1, -0.05) is 42.1 Å². The highest BCUT2D eigenvalue weighted by Crippen LogP contribution is 2.40. The molecule has 0 fully saturated rings. The number of hydrogen-bond donors (Lipinski definition) is 1. The third kappa shape index (κ3) is 6.00. The van der Waals surface area contributed by atoms with Gasteiger partial charge in [0, 0.05) is 17.5 Å². The molecule has 1 amide bonds. The predicted molar refractivity (Wildman–Crippen MR) is 142 cm³/mol. The number of esters is 1. The Morgan fingerprint density at radius 1 is 1.14 bits per heavy atom. The summed E-state index contributed by atoms with van der Waals surface area (Å²) in [4.78, 5) is 26.4. The number of anilines is 1. The molecular weight excluding hydrogens is 515 g/mol. The summed E-state index contributed by atoms with van der Waals surface area (Å²) in [5.41, 5.74) is 1.95. The lowest BCUT2D eigenvalue weighted by molar-refractivity contribution is -0.113. The highest BCUT2D eigenvalue weighted by Gasteiger charge is 2.25. The number of nitrogens with one attached hydrogen (secondary N) is 1. The van der Waals surface area contributed by atoms with Crippen molar-refractivity contribution in [3.63, 3.8) is 0 Å². The van der Waals surface area contributed by atoms with E-state index in [0.717, 1.165) is 16.0 Å². The van der Waals surface area contributed by atoms with Crippen LogP contribution < -0.4 is 10.1 Å². The molecule has 2 heterocycles. The summed E-state index contributed by atoms with van der Waals surface area (Å²) >= 11 is 2.54. The Kier molecular flexibility index (Phi) is 8.24. The van der Waals surface area contributed by atoms with Gasteiger partial charge >= 0.3 is 5.97 Å². The van der Waals surface area contributed by atoms with E-state index in [2.05, 4.69) is 15.5 Å². The normalized spacial score (nSPS) is 11.7. The Morgan fingerprint density at radius 3 is 2.51 bits per heavy atom. The number of carbonyl (C=O) groups excluding carboxylic acids is 2. The zero-order valence-corrected chi connectivity index (χ0v) is 22.3. The molecule has 37 heavy (non-hydrogen) atoms. The molecule has 0 radical (unpaired) electrons. The first-order valence-corrected chi connectivity index (χ1v) is 13.1. The lowest BCUT2D eigenvalue weighted by Crippen LogP contribution is -2.16. The van der Waals surface area contributed by atoms with Crippen LogP contribution >= 0.6 is 23.1 Å². The number of halogens is 1. The van der Waals surface area contributed by atoms with E-state index in [1.165, 1.54) is 42.3 Å². The number of thiophene rings is 1. The molecule has 0 bridgehead atoms. The largest absolute Gasteiger partial charge is 0.483 e. The molecular formula is C26H25FN4O4S2. The second-order valence-electron chi connectivity index (χ2n) is 8.05. The van der Waals surface area contributed by atoms with Gasteiger partial charge in [0.25, 0.3) is 0 Å². The molecule has 4 rings (SSSR count). The Bertz CT molecular complexity index is 1400. The topological polar surface area (TPSA) is 95.3 Å². The molecule has 0 aliphatic heterocycles. The SMILES string of the molecule is COC(=O)c1c(NC(=O)CSc2nnc(C(C)Oc3ccc(F)cc3)n2C)sc(C)c1-c1ccccc1. The second kappa shape index (κ2) is 11.6. The van der Waals surface area contributed by atoms with Gasteiger partial charge in [-0.25, -0.2) is 9.18 Å².